The van der Waals surface area contributed by atoms with Crippen molar-refractivity contribution in [3.05, 3.63) is 18.0 Å². The van der Waals surface area contributed by atoms with Crippen LogP contribution in [0.1, 0.15) is 17.3 Å². The number of nitrogens with zero attached hydrogens (tertiary/aromatic N) is 2. The standard InChI is InChI=1S/C11H20N2O2Si/c1-10(14)11-7-12-13(8-11)9-15-5-6-16(2,3)4/h7-8H,5-6,9H2,1-4H3. The zero-order chi connectivity index (χ0) is 12.2. The Morgan fingerprint density at radius 3 is 2.69 bits per heavy atom. The van der Waals surface area contributed by atoms with Crippen LogP contribution in [0.3, 0.4) is 0 Å². The summed E-state index contributed by atoms with van der Waals surface area (Å²) in [4.78, 5) is 11.0. The first-order valence-electron chi connectivity index (χ1n) is 5.50. The quantitative estimate of drug-likeness (QED) is 0.436. The summed E-state index contributed by atoms with van der Waals surface area (Å²) in [5.74, 6) is 0.0355. The molecule has 1 aromatic rings. The van der Waals surface area contributed by atoms with Gasteiger partial charge < -0.3 is 4.74 Å². The number of carbonyl (C=O) groups excluding carboxylic acids is 1. The Morgan fingerprint density at radius 1 is 1.50 bits per heavy atom. The summed E-state index contributed by atoms with van der Waals surface area (Å²) < 4.78 is 7.17. The van der Waals surface area contributed by atoms with Crippen molar-refractivity contribution in [3.63, 3.8) is 0 Å². The molecule has 0 aromatic carbocycles. The molecule has 0 aliphatic rings. The maximum absolute atomic E-state index is 11.0. The van der Waals surface area contributed by atoms with Crippen LogP contribution in [0, 0.1) is 0 Å². The second-order valence-corrected chi connectivity index (χ2v) is 10.8. The number of ether oxygens (including phenoxy) is 1. The van der Waals surface area contributed by atoms with Crippen LogP contribution in [0.5, 0.6) is 0 Å². The highest BCUT2D eigenvalue weighted by Gasteiger charge is 2.12. The molecule has 1 rings (SSSR count). The Kier molecular flexibility index (Phi) is 4.43. The van der Waals surface area contributed by atoms with E-state index in [1.807, 2.05) is 0 Å². The van der Waals surface area contributed by atoms with E-state index in [1.165, 1.54) is 6.92 Å². The van der Waals surface area contributed by atoms with E-state index in [0.717, 1.165) is 12.7 Å². The molecule has 5 heteroatoms. The molecule has 0 radical (unpaired) electrons. The molecule has 4 nitrogen and oxygen atoms in total. The molecule has 0 bridgehead atoms. The monoisotopic (exact) mass is 240 g/mol. The highest BCUT2D eigenvalue weighted by molar-refractivity contribution is 6.76. The van der Waals surface area contributed by atoms with Gasteiger partial charge >= 0.3 is 0 Å². The van der Waals surface area contributed by atoms with Gasteiger partial charge in [0, 0.05) is 20.9 Å². The fourth-order valence-corrected chi connectivity index (χ4v) is 1.91. The van der Waals surface area contributed by atoms with Gasteiger partial charge in [0.15, 0.2) is 5.78 Å². The summed E-state index contributed by atoms with van der Waals surface area (Å²) in [5, 5.41) is 4.05. The van der Waals surface area contributed by atoms with Gasteiger partial charge in [0.25, 0.3) is 0 Å². The van der Waals surface area contributed by atoms with Crippen molar-refractivity contribution in [1.29, 1.82) is 0 Å². The predicted molar refractivity (Wildman–Crippen MR) is 66.3 cm³/mol. The van der Waals surface area contributed by atoms with Crippen molar-refractivity contribution in [3.8, 4) is 0 Å². The van der Waals surface area contributed by atoms with Crippen molar-refractivity contribution in [2.24, 2.45) is 0 Å². The maximum Gasteiger partial charge on any atom is 0.162 e. The van der Waals surface area contributed by atoms with Gasteiger partial charge in [-0.25, -0.2) is 4.68 Å². The minimum atomic E-state index is -1.02. The second-order valence-electron chi connectivity index (χ2n) is 5.17. The lowest BCUT2D eigenvalue weighted by Crippen LogP contribution is -2.22. The Morgan fingerprint density at radius 2 is 2.19 bits per heavy atom. The third kappa shape index (κ3) is 4.72. The molecule has 90 valence electrons. The topological polar surface area (TPSA) is 44.1 Å². The van der Waals surface area contributed by atoms with Crippen LogP contribution in [0.4, 0.5) is 0 Å². The molecule has 0 saturated carbocycles. The average molecular weight is 240 g/mol. The van der Waals surface area contributed by atoms with Crippen LogP contribution >= 0.6 is 0 Å². The van der Waals surface area contributed by atoms with Crippen LogP contribution < -0.4 is 0 Å². The maximum atomic E-state index is 11.0. The Labute approximate surface area is 97.6 Å². The number of hydrogen-bond acceptors (Lipinski definition) is 3. The lowest BCUT2D eigenvalue weighted by molar-refractivity contribution is 0.0785. The number of aromatic nitrogens is 2. The minimum Gasteiger partial charge on any atom is -0.360 e. The van der Waals surface area contributed by atoms with Crippen LogP contribution in [0.15, 0.2) is 12.4 Å². The van der Waals surface area contributed by atoms with Gasteiger partial charge in [0.2, 0.25) is 0 Å². The van der Waals surface area contributed by atoms with E-state index >= 15 is 0 Å². The number of hydrogen-bond donors (Lipinski definition) is 0. The Bertz CT molecular complexity index is 355. The SMILES string of the molecule is CC(=O)c1cnn(COCC[Si](C)(C)C)c1. The molecular formula is C11H20N2O2Si. The lowest BCUT2D eigenvalue weighted by Gasteiger charge is -2.15. The summed E-state index contributed by atoms with van der Waals surface area (Å²) in [7, 11) is -1.02. The molecule has 1 heterocycles. The summed E-state index contributed by atoms with van der Waals surface area (Å²) in [6.45, 7) is 9.69. The van der Waals surface area contributed by atoms with Crippen molar-refractivity contribution < 1.29 is 9.53 Å². The Balaban J connectivity index is 2.30. The second kappa shape index (κ2) is 5.40. The van der Waals surface area contributed by atoms with E-state index in [-0.39, 0.29) is 5.78 Å². The van der Waals surface area contributed by atoms with E-state index in [0.29, 0.717) is 12.3 Å². The lowest BCUT2D eigenvalue weighted by atomic mass is 10.3. The van der Waals surface area contributed by atoms with Crippen molar-refractivity contribution in [2.75, 3.05) is 6.61 Å². The molecule has 16 heavy (non-hydrogen) atoms. The molecule has 0 unspecified atom stereocenters. The predicted octanol–water partition coefficient (Wildman–Crippen LogP) is 2.40. The van der Waals surface area contributed by atoms with Gasteiger partial charge in [0.1, 0.15) is 6.73 Å². The third-order valence-corrected chi connectivity index (χ3v) is 3.96. The van der Waals surface area contributed by atoms with E-state index in [2.05, 4.69) is 24.7 Å². The normalized spacial score (nSPS) is 11.8. The van der Waals surface area contributed by atoms with Gasteiger partial charge in [-0.2, -0.15) is 5.10 Å². The van der Waals surface area contributed by atoms with Crippen LogP contribution in [-0.2, 0) is 11.5 Å². The van der Waals surface area contributed by atoms with Gasteiger partial charge in [-0.05, 0) is 13.0 Å². The molecule has 0 saturated heterocycles. The van der Waals surface area contributed by atoms with Crippen molar-refractivity contribution in [1.82, 2.24) is 9.78 Å². The number of rotatable bonds is 6. The van der Waals surface area contributed by atoms with Crippen LogP contribution in [0.25, 0.3) is 0 Å². The van der Waals surface area contributed by atoms with Crippen LogP contribution in [0.2, 0.25) is 25.7 Å². The summed E-state index contributed by atoms with van der Waals surface area (Å²) >= 11 is 0. The van der Waals surface area contributed by atoms with E-state index in [9.17, 15) is 4.79 Å². The largest absolute Gasteiger partial charge is 0.360 e. The first kappa shape index (κ1) is 13.1. The van der Waals surface area contributed by atoms with E-state index in [4.69, 9.17) is 4.74 Å². The molecule has 0 spiro atoms. The first-order chi connectivity index (χ1) is 7.38. The first-order valence-corrected chi connectivity index (χ1v) is 9.20. The highest BCUT2D eigenvalue weighted by atomic mass is 28.3. The summed E-state index contributed by atoms with van der Waals surface area (Å²) in [6, 6.07) is 1.15. The van der Waals surface area contributed by atoms with E-state index < -0.39 is 8.07 Å². The molecular weight excluding hydrogens is 220 g/mol. The van der Waals surface area contributed by atoms with Crippen molar-refractivity contribution >= 4 is 13.9 Å². The Hall–Kier alpha value is -0.943. The molecule has 1 aromatic heterocycles. The molecule has 0 fully saturated rings. The van der Waals surface area contributed by atoms with Crippen molar-refractivity contribution in [2.45, 2.75) is 39.3 Å². The number of ketones is 1. The van der Waals surface area contributed by atoms with Gasteiger partial charge in [0.05, 0.1) is 11.8 Å². The van der Waals surface area contributed by atoms with E-state index in [1.54, 1.807) is 17.1 Å². The van der Waals surface area contributed by atoms with Gasteiger partial charge in [-0.15, -0.1) is 0 Å². The number of carbonyl (C=O) groups is 1. The van der Waals surface area contributed by atoms with Crippen LogP contribution in [-0.4, -0.2) is 30.2 Å². The number of Topliss-reactive ketones (excluding diaryl/α,β-unsaturated/α-hetero) is 1. The third-order valence-electron chi connectivity index (χ3n) is 2.26. The van der Waals surface area contributed by atoms with Gasteiger partial charge in [-0.3, -0.25) is 4.79 Å². The zero-order valence-electron chi connectivity index (χ0n) is 10.5. The fourth-order valence-electron chi connectivity index (χ4n) is 1.15. The van der Waals surface area contributed by atoms with Gasteiger partial charge in [-0.1, -0.05) is 19.6 Å². The highest BCUT2D eigenvalue weighted by Crippen LogP contribution is 2.07. The minimum absolute atomic E-state index is 0.0355. The average Bonchev–Trinajstić information content (AvgIpc) is 2.59. The fraction of sp³-hybridized carbons (Fsp3) is 0.636. The smallest absolute Gasteiger partial charge is 0.162 e. The zero-order valence-corrected chi connectivity index (χ0v) is 11.5. The molecule has 0 aliphatic carbocycles. The summed E-state index contributed by atoms with van der Waals surface area (Å²) in [6.07, 6.45) is 3.29. The molecule has 0 N–H and O–H groups in total. The molecule has 0 amide bonds. The summed E-state index contributed by atoms with van der Waals surface area (Å²) in [5.41, 5.74) is 0.633. The molecule has 0 atom stereocenters. The molecule has 0 aliphatic heterocycles.